The van der Waals surface area contributed by atoms with Gasteiger partial charge in [-0.05, 0) is 35.1 Å². The Morgan fingerprint density at radius 2 is 1.80 bits per heavy atom. The van der Waals surface area contributed by atoms with E-state index in [4.69, 9.17) is 9.84 Å². The third-order valence-electron chi connectivity index (χ3n) is 1.87. The van der Waals surface area contributed by atoms with E-state index in [1.54, 1.807) is 33.0 Å². The van der Waals surface area contributed by atoms with Gasteiger partial charge in [0.15, 0.2) is 0 Å². The number of hydrogen-bond acceptors (Lipinski definition) is 4. The summed E-state index contributed by atoms with van der Waals surface area (Å²) in [6.45, 7) is 3.48. The summed E-state index contributed by atoms with van der Waals surface area (Å²) >= 11 is 0. The van der Waals surface area contributed by atoms with Gasteiger partial charge in [0.05, 0.1) is 6.61 Å². The van der Waals surface area contributed by atoms with E-state index >= 15 is 0 Å². The van der Waals surface area contributed by atoms with Gasteiger partial charge >= 0.3 is 5.97 Å². The van der Waals surface area contributed by atoms with Gasteiger partial charge in [-0.1, -0.05) is 0 Å². The third-order valence-corrected chi connectivity index (χ3v) is 1.87. The Hall–Kier alpha value is -0.650. The van der Waals surface area contributed by atoms with Crippen LogP contribution in [0.15, 0.2) is 0 Å². The van der Waals surface area contributed by atoms with Gasteiger partial charge in [0, 0.05) is 13.7 Å². The Kier molecular flexibility index (Phi) is 11.1. The molecule has 0 aromatic rings. The maximum absolute atomic E-state index is 10.1. The molecule has 0 amide bonds. The Morgan fingerprint density at radius 3 is 1.87 bits per heavy atom. The van der Waals surface area contributed by atoms with Crippen LogP contribution < -0.4 is 0 Å². The SMILES string of the molecule is CC(C(=O)O)N(C)C.COCCN(C)C. The summed E-state index contributed by atoms with van der Waals surface area (Å²) in [7, 11) is 9.24. The van der Waals surface area contributed by atoms with Gasteiger partial charge in [0.25, 0.3) is 0 Å². The van der Waals surface area contributed by atoms with Crippen LogP contribution in [-0.2, 0) is 9.53 Å². The van der Waals surface area contributed by atoms with E-state index in [9.17, 15) is 4.79 Å². The van der Waals surface area contributed by atoms with Gasteiger partial charge in [-0.3, -0.25) is 9.69 Å². The summed E-state index contributed by atoms with van der Waals surface area (Å²) in [6, 6.07) is -0.380. The largest absolute Gasteiger partial charge is 0.480 e. The molecule has 92 valence electrons. The first-order chi connectivity index (χ1) is 6.82. The third kappa shape index (κ3) is 13.3. The van der Waals surface area contributed by atoms with Crippen LogP contribution in [0.5, 0.6) is 0 Å². The predicted molar refractivity (Wildman–Crippen MR) is 61.2 cm³/mol. The molecule has 0 saturated heterocycles. The quantitative estimate of drug-likeness (QED) is 0.718. The molecule has 0 saturated carbocycles. The van der Waals surface area contributed by atoms with Crippen LogP contribution >= 0.6 is 0 Å². The van der Waals surface area contributed by atoms with Crippen LogP contribution in [0.4, 0.5) is 0 Å². The van der Waals surface area contributed by atoms with E-state index in [0.29, 0.717) is 0 Å². The molecule has 0 aromatic heterocycles. The van der Waals surface area contributed by atoms with E-state index in [2.05, 4.69) is 4.90 Å². The molecule has 5 nitrogen and oxygen atoms in total. The summed E-state index contributed by atoms with van der Waals surface area (Å²) in [5.41, 5.74) is 0. The van der Waals surface area contributed by atoms with E-state index < -0.39 is 5.97 Å². The number of carbonyl (C=O) groups is 1. The average Bonchev–Trinajstić information content (AvgIpc) is 2.14. The van der Waals surface area contributed by atoms with Gasteiger partial charge in [0.2, 0.25) is 0 Å². The monoisotopic (exact) mass is 220 g/mol. The Morgan fingerprint density at radius 1 is 1.33 bits per heavy atom. The van der Waals surface area contributed by atoms with E-state index in [1.165, 1.54) is 0 Å². The predicted octanol–water partition coefficient (Wildman–Crippen LogP) is 0.216. The van der Waals surface area contributed by atoms with Crippen LogP contribution in [0.2, 0.25) is 0 Å². The Bertz CT molecular complexity index is 161. The summed E-state index contributed by atoms with van der Waals surface area (Å²) in [6.07, 6.45) is 0. The summed E-state index contributed by atoms with van der Waals surface area (Å²) in [4.78, 5) is 13.8. The topological polar surface area (TPSA) is 53.0 Å². The fourth-order valence-corrected chi connectivity index (χ4v) is 0.495. The second kappa shape index (κ2) is 9.89. The highest BCUT2D eigenvalue weighted by atomic mass is 16.5. The average molecular weight is 220 g/mol. The van der Waals surface area contributed by atoms with Crippen molar-refractivity contribution >= 4 is 5.97 Å². The molecule has 5 heteroatoms. The number of likely N-dealkylation sites (N-methyl/N-ethyl adjacent to an activating group) is 2. The number of aliphatic carboxylic acids is 1. The standard InChI is InChI=1S/C5H11NO2.C5H13NO/c1-4(5(7)8)6(2)3;1-6(2)4-5-7-3/h4H,1-3H3,(H,7,8);4-5H2,1-3H3. The number of methoxy groups -OCH3 is 1. The van der Waals surface area contributed by atoms with Crippen LogP contribution in [0, 0.1) is 0 Å². The molecule has 0 aliphatic carbocycles. The molecule has 0 bridgehead atoms. The fourth-order valence-electron chi connectivity index (χ4n) is 0.495. The number of hydrogen-bond donors (Lipinski definition) is 1. The van der Waals surface area contributed by atoms with Crippen molar-refractivity contribution in [3.8, 4) is 0 Å². The first-order valence-electron chi connectivity index (χ1n) is 4.85. The minimum atomic E-state index is -0.782. The van der Waals surface area contributed by atoms with Crippen molar-refractivity contribution in [2.24, 2.45) is 0 Å². The number of carboxylic acids is 1. The summed E-state index contributed by atoms with van der Waals surface area (Å²) < 4.78 is 4.81. The molecule has 0 heterocycles. The maximum atomic E-state index is 10.1. The van der Waals surface area contributed by atoms with Crippen molar-refractivity contribution in [2.75, 3.05) is 48.5 Å². The normalized spacial score (nSPS) is 12.3. The van der Waals surface area contributed by atoms with E-state index in [1.807, 2.05) is 14.1 Å². The number of nitrogens with zero attached hydrogens (tertiary/aromatic N) is 2. The van der Waals surface area contributed by atoms with Crippen molar-refractivity contribution in [2.45, 2.75) is 13.0 Å². The molecule has 0 rings (SSSR count). The van der Waals surface area contributed by atoms with Gasteiger partial charge in [-0.15, -0.1) is 0 Å². The van der Waals surface area contributed by atoms with Crippen LogP contribution in [-0.4, -0.2) is 75.4 Å². The summed E-state index contributed by atoms with van der Waals surface area (Å²) in [5.74, 6) is -0.782. The summed E-state index contributed by atoms with van der Waals surface area (Å²) in [5, 5.41) is 8.31. The maximum Gasteiger partial charge on any atom is 0.320 e. The van der Waals surface area contributed by atoms with Crippen LogP contribution in [0.25, 0.3) is 0 Å². The molecule has 1 atom stereocenters. The minimum Gasteiger partial charge on any atom is -0.480 e. The van der Waals surface area contributed by atoms with Crippen molar-refractivity contribution < 1.29 is 14.6 Å². The number of carboxylic acid groups (broad SMARTS) is 1. The minimum absolute atomic E-state index is 0.380. The van der Waals surface area contributed by atoms with E-state index in [0.717, 1.165) is 13.2 Å². The van der Waals surface area contributed by atoms with Crippen LogP contribution in [0.1, 0.15) is 6.92 Å². The molecular weight excluding hydrogens is 196 g/mol. The molecule has 0 aliphatic rings. The molecule has 0 radical (unpaired) electrons. The van der Waals surface area contributed by atoms with Gasteiger partial charge in [-0.25, -0.2) is 0 Å². The zero-order valence-electron chi connectivity index (χ0n) is 10.6. The molecule has 1 N–H and O–H groups in total. The lowest BCUT2D eigenvalue weighted by Gasteiger charge is -2.13. The van der Waals surface area contributed by atoms with Gasteiger partial charge in [-0.2, -0.15) is 0 Å². The van der Waals surface area contributed by atoms with Gasteiger partial charge < -0.3 is 14.7 Å². The molecule has 15 heavy (non-hydrogen) atoms. The lowest BCUT2D eigenvalue weighted by atomic mass is 10.3. The Balaban J connectivity index is 0. The van der Waals surface area contributed by atoms with Crippen molar-refractivity contribution in [1.82, 2.24) is 9.80 Å². The first kappa shape index (κ1) is 16.8. The molecule has 0 aromatic carbocycles. The van der Waals surface area contributed by atoms with Crippen molar-refractivity contribution in [3.05, 3.63) is 0 Å². The molecule has 0 spiro atoms. The first-order valence-corrected chi connectivity index (χ1v) is 4.85. The number of rotatable bonds is 5. The van der Waals surface area contributed by atoms with Gasteiger partial charge in [0.1, 0.15) is 6.04 Å². The fraction of sp³-hybridized carbons (Fsp3) is 0.900. The lowest BCUT2D eigenvalue weighted by molar-refractivity contribution is -0.141. The van der Waals surface area contributed by atoms with Crippen molar-refractivity contribution in [3.63, 3.8) is 0 Å². The Labute approximate surface area is 92.6 Å². The van der Waals surface area contributed by atoms with Crippen molar-refractivity contribution in [1.29, 1.82) is 0 Å². The second-order valence-electron chi connectivity index (χ2n) is 3.77. The highest BCUT2D eigenvalue weighted by Crippen LogP contribution is 1.88. The zero-order chi connectivity index (χ0) is 12.4. The highest BCUT2D eigenvalue weighted by molar-refractivity contribution is 5.72. The number of ether oxygens (including phenoxy) is 1. The smallest absolute Gasteiger partial charge is 0.320 e. The molecule has 1 unspecified atom stereocenters. The molecular formula is C10H24N2O3. The van der Waals surface area contributed by atoms with Crippen LogP contribution in [0.3, 0.4) is 0 Å². The van der Waals surface area contributed by atoms with E-state index in [-0.39, 0.29) is 6.04 Å². The zero-order valence-corrected chi connectivity index (χ0v) is 10.6. The molecule has 0 fully saturated rings. The highest BCUT2D eigenvalue weighted by Gasteiger charge is 2.11. The molecule has 0 aliphatic heterocycles. The second-order valence-corrected chi connectivity index (χ2v) is 3.77. The lowest BCUT2D eigenvalue weighted by Crippen LogP contribution is -2.32.